The van der Waals surface area contributed by atoms with Crippen LogP contribution in [0.2, 0.25) is 0 Å². The molecule has 106 valence electrons. The van der Waals surface area contributed by atoms with Gasteiger partial charge in [-0.05, 0) is 18.2 Å². The predicted octanol–water partition coefficient (Wildman–Crippen LogP) is 2.71. The van der Waals surface area contributed by atoms with Crippen molar-refractivity contribution in [3.8, 4) is 11.3 Å². The van der Waals surface area contributed by atoms with Crippen LogP contribution in [-0.2, 0) is 10.1 Å². The van der Waals surface area contributed by atoms with E-state index in [1.54, 1.807) is 12.1 Å². The molecule has 0 radical (unpaired) electrons. The van der Waals surface area contributed by atoms with Crippen LogP contribution in [0.25, 0.3) is 22.3 Å². The van der Waals surface area contributed by atoms with E-state index in [0.29, 0.717) is 5.76 Å². The van der Waals surface area contributed by atoms with E-state index in [2.05, 4.69) is 0 Å². The van der Waals surface area contributed by atoms with Gasteiger partial charge in [-0.3, -0.25) is 9.35 Å². The molecule has 0 unspecified atom stereocenters. The monoisotopic (exact) mass is 302 g/mol. The number of fused-ring (bicyclic) bond motifs is 1. The molecule has 5 nitrogen and oxygen atoms in total. The fourth-order valence-corrected chi connectivity index (χ4v) is 2.55. The molecule has 1 heterocycles. The molecule has 0 saturated heterocycles. The molecule has 3 rings (SSSR count). The highest BCUT2D eigenvalue weighted by atomic mass is 32.2. The van der Waals surface area contributed by atoms with E-state index in [1.807, 2.05) is 18.2 Å². The molecule has 1 aromatic heterocycles. The largest absolute Gasteiger partial charge is 0.456 e. The van der Waals surface area contributed by atoms with Crippen LogP contribution >= 0.6 is 0 Å². The van der Waals surface area contributed by atoms with Crippen LogP contribution in [0, 0.1) is 0 Å². The van der Waals surface area contributed by atoms with Crippen molar-refractivity contribution >= 4 is 21.1 Å². The van der Waals surface area contributed by atoms with Crippen molar-refractivity contribution < 1.29 is 17.4 Å². The summed E-state index contributed by atoms with van der Waals surface area (Å²) in [5.41, 5.74) is 0.629. The average molecular weight is 302 g/mol. The number of benzene rings is 2. The lowest BCUT2D eigenvalue weighted by molar-refractivity contribution is 0.483. The fourth-order valence-electron chi connectivity index (χ4n) is 2.04. The Morgan fingerprint density at radius 2 is 1.67 bits per heavy atom. The minimum atomic E-state index is -4.35. The summed E-state index contributed by atoms with van der Waals surface area (Å²) in [5.74, 6) is 0.396. The lowest BCUT2D eigenvalue weighted by Crippen LogP contribution is -2.03. The standard InChI is InChI=1S/C15H10O5S/c16-13-9-15(10-4-2-1-3-5-10)20-14-7-6-11(8-12(13)14)21(17,18)19/h1-9H,(H,17,18,19). The minimum absolute atomic E-state index is 0.102. The van der Waals surface area contributed by atoms with Gasteiger partial charge in [0, 0.05) is 11.6 Å². The summed E-state index contributed by atoms with van der Waals surface area (Å²) in [7, 11) is -4.35. The van der Waals surface area contributed by atoms with E-state index >= 15 is 0 Å². The molecule has 0 spiro atoms. The fraction of sp³-hybridized carbons (Fsp3) is 0. The summed E-state index contributed by atoms with van der Waals surface area (Å²) in [4.78, 5) is 11.8. The van der Waals surface area contributed by atoms with Crippen LogP contribution in [0.4, 0.5) is 0 Å². The van der Waals surface area contributed by atoms with Gasteiger partial charge in [-0.25, -0.2) is 0 Å². The van der Waals surface area contributed by atoms with Crippen molar-refractivity contribution in [2.75, 3.05) is 0 Å². The molecule has 0 fully saturated rings. The Morgan fingerprint density at radius 1 is 0.952 bits per heavy atom. The van der Waals surface area contributed by atoms with E-state index in [1.165, 1.54) is 18.2 Å². The van der Waals surface area contributed by atoms with Gasteiger partial charge in [-0.15, -0.1) is 0 Å². The number of hydrogen-bond acceptors (Lipinski definition) is 4. The van der Waals surface area contributed by atoms with Crippen LogP contribution in [0.3, 0.4) is 0 Å². The van der Waals surface area contributed by atoms with Crippen molar-refractivity contribution in [1.29, 1.82) is 0 Å². The maximum Gasteiger partial charge on any atom is 0.294 e. The Hall–Kier alpha value is -2.44. The van der Waals surface area contributed by atoms with E-state index in [9.17, 15) is 13.2 Å². The average Bonchev–Trinajstić information content (AvgIpc) is 2.47. The Balaban J connectivity index is 2.26. The summed E-state index contributed by atoms with van der Waals surface area (Å²) < 4.78 is 36.8. The molecule has 0 atom stereocenters. The van der Waals surface area contributed by atoms with E-state index in [0.717, 1.165) is 11.6 Å². The Morgan fingerprint density at radius 3 is 2.33 bits per heavy atom. The second-order valence-corrected chi connectivity index (χ2v) is 5.90. The zero-order valence-electron chi connectivity index (χ0n) is 10.7. The van der Waals surface area contributed by atoms with E-state index in [4.69, 9.17) is 8.97 Å². The van der Waals surface area contributed by atoms with Gasteiger partial charge in [0.2, 0.25) is 0 Å². The molecule has 0 aliphatic heterocycles. The molecule has 0 aliphatic carbocycles. The topological polar surface area (TPSA) is 84.6 Å². The molecular formula is C15H10O5S. The van der Waals surface area contributed by atoms with Crippen molar-refractivity contribution in [3.63, 3.8) is 0 Å². The van der Waals surface area contributed by atoms with Crippen molar-refractivity contribution in [3.05, 3.63) is 64.8 Å². The highest BCUT2D eigenvalue weighted by Gasteiger charge is 2.13. The van der Waals surface area contributed by atoms with E-state index < -0.39 is 10.1 Å². The summed E-state index contributed by atoms with van der Waals surface area (Å²) in [5, 5.41) is 0.102. The molecule has 1 N–H and O–H groups in total. The van der Waals surface area contributed by atoms with Crippen LogP contribution in [0.15, 0.2) is 68.7 Å². The highest BCUT2D eigenvalue weighted by Crippen LogP contribution is 2.23. The third kappa shape index (κ3) is 2.58. The first kappa shape index (κ1) is 13.5. The lowest BCUT2D eigenvalue weighted by atomic mass is 10.1. The van der Waals surface area contributed by atoms with Crippen molar-refractivity contribution in [1.82, 2.24) is 0 Å². The smallest absolute Gasteiger partial charge is 0.294 e. The minimum Gasteiger partial charge on any atom is -0.456 e. The van der Waals surface area contributed by atoms with E-state index in [-0.39, 0.29) is 21.3 Å². The molecule has 6 heteroatoms. The molecule has 0 bridgehead atoms. The SMILES string of the molecule is O=c1cc(-c2ccccc2)oc2ccc(S(=O)(=O)O)cc12. The van der Waals surface area contributed by atoms with Crippen molar-refractivity contribution in [2.45, 2.75) is 4.90 Å². The molecule has 0 amide bonds. The van der Waals surface area contributed by atoms with Gasteiger partial charge >= 0.3 is 0 Å². The first-order chi connectivity index (χ1) is 9.95. The summed E-state index contributed by atoms with van der Waals surface area (Å²) >= 11 is 0. The third-order valence-corrected chi connectivity index (χ3v) is 3.90. The molecule has 0 saturated carbocycles. The quantitative estimate of drug-likeness (QED) is 0.736. The maximum absolute atomic E-state index is 12.1. The zero-order valence-corrected chi connectivity index (χ0v) is 11.5. The maximum atomic E-state index is 12.1. The Labute approximate surface area is 120 Å². The predicted molar refractivity (Wildman–Crippen MR) is 77.7 cm³/mol. The molecule has 3 aromatic rings. The van der Waals surface area contributed by atoms with Crippen LogP contribution < -0.4 is 5.43 Å². The molecule has 0 aliphatic rings. The van der Waals surface area contributed by atoms with Crippen molar-refractivity contribution in [2.24, 2.45) is 0 Å². The summed E-state index contributed by atoms with van der Waals surface area (Å²) in [6, 6.07) is 14.0. The lowest BCUT2D eigenvalue weighted by Gasteiger charge is -2.04. The van der Waals surface area contributed by atoms with Gasteiger partial charge in [0.25, 0.3) is 10.1 Å². The first-order valence-electron chi connectivity index (χ1n) is 6.06. The van der Waals surface area contributed by atoms with Crippen LogP contribution in [0.1, 0.15) is 0 Å². The molecule has 21 heavy (non-hydrogen) atoms. The van der Waals surface area contributed by atoms with Gasteiger partial charge in [-0.2, -0.15) is 8.42 Å². The van der Waals surface area contributed by atoms with Crippen LogP contribution in [-0.4, -0.2) is 13.0 Å². The van der Waals surface area contributed by atoms with Gasteiger partial charge in [0.15, 0.2) is 5.43 Å². The van der Waals surface area contributed by atoms with Gasteiger partial charge in [-0.1, -0.05) is 30.3 Å². The summed E-state index contributed by atoms with van der Waals surface area (Å²) in [6.45, 7) is 0. The zero-order chi connectivity index (χ0) is 15.0. The molecule has 2 aromatic carbocycles. The second kappa shape index (κ2) is 4.83. The Bertz CT molecular complexity index is 972. The number of hydrogen-bond donors (Lipinski definition) is 1. The van der Waals surface area contributed by atoms with Gasteiger partial charge in [0.1, 0.15) is 11.3 Å². The second-order valence-electron chi connectivity index (χ2n) is 4.47. The van der Waals surface area contributed by atoms with Gasteiger partial charge in [0.05, 0.1) is 10.3 Å². The van der Waals surface area contributed by atoms with Gasteiger partial charge < -0.3 is 4.42 Å². The highest BCUT2D eigenvalue weighted by molar-refractivity contribution is 7.85. The third-order valence-electron chi connectivity index (χ3n) is 3.05. The number of rotatable bonds is 2. The first-order valence-corrected chi connectivity index (χ1v) is 7.50. The van der Waals surface area contributed by atoms with Crippen LogP contribution in [0.5, 0.6) is 0 Å². The summed E-state index contributed by atoms with van der Waals surface area (Å²) in [6.07, 6.45) is 0. The Kier molecular flexibility index (Phi) is 3.12. The normalized spacial score (nSPS) is 11.7. The molecular weight excluding hydrogens is 292 g/mol.